The minimum Gasteiger partial charge on any atom is -0.339 e. The third kappa shape index (κ3) is 6.20. The van der Waals surface area contributed by atoms with Crippen LogP contribution in [0.4, 0.5) is 13.9 Å². The lowest BCUT2D eigenvalue weighted by Gasteiger charge is -2.35. The minimum absolute atomic E-state index is 0.125. The van der Waals surface area contributed by atoms with E-state index >= 15 is 0 Å². The number of anilines is 1. The number of likely N-dealkylation sites (tertiary alicyclic amines) is 1. The number of fused-ring (bicyclic) bond motifs is 2. The molecule has 4 aromatic rings. The third-order valence-corrected chi connectivity index (χ3v) is 10.3. The summed E-state index contributed by atoms with van der Waals surface area (Å²) in [5.74, 6) is -1.41. The number of carbonyl (C=O) groups excluding carboxylic acids is 3. The van der Waals surface area contributed by atoms with Crippen molar-refractivity contribution in [1.82, 2.24) is 15.2 Å². The number of para-hydroxylation sites is 1. The molecule has 43 heavy (non-hydrogen) atoms. The first-order valence-electron chi connectivity index (χ1n) is 13.3. The minimum atomic E-state index is -5.76. The Bertz CT molecular complexity index is 1750. The molecule has 0 bridgehead atoms. The lowest BCUT2D eigenvalue weighted by atomic mass is 9.85. The van der Waals surface area contributed by atoms with Crippen molar-refractivity contribution >= 4 is 73.4 Å². The second kappa shape index (κ2) is 11.3. The number of thiophene rings is 1. The van der Waals surface area contributed by atoms with Crippen LogP contribution in [0.25, 0.3) is 20.3 Å². The van der Waals surface area contributed by atoms with Gasteiger partial charge in [0.05, 0.1) is 15.1 Å². The summed E-state index contributed by atoms with van der Waals surface area (Å²) in [6, 6.07) is 10.2. The van der Waals surface area contributed by atoms with E-state index < -0.39 is 48.1 Å². The molecule has 0 unspecified atom stereocenters. The van der Waals surface area contributed by atoms with Crippen molar-refractivity contribution in [1.29, 1.82) is 0 Å². The lowest BCUT2D eigenvalue weighted by Crippen LogP contribution is -2.57. The van der Waals surface area contributed by atoms with Crippen LogP contribution >= 0.6 is 30.3 Å². The maximum Gasteiger partial charge on any atom is 0.399 e. The Morgan fingerprint density at radius 2 is 1.79 bits per heavy atom. The predicted octanol–water partition coefficient (Wildman–Crippen LogP) is 5.51. The van der Waals surface area contributed by atoms with Crippen LogP contribution in [0.2, 0.25) is 0 Å². The van der Waals surface area contributed by atoms with E-state index in [2.05, 4.69) is 15.6 Å². The fraction of sp³-hybridized carbons (Fsp3) is 0.357. The summed E-state index contributed by atoms with van der Waals surface area (Å²) < 4.78 is 41.2. The van der Waals surface area contributed by atoms with Gasteiger partial charge in [-0.25, -0.2) is 4.98 Å². The first-order valence-corrected chi connectivity index (χ1v) is 16.6. The van der Waals surface area contributed by atoms with Gasteiger partial charge in [-0.1, -0.05) is 50.3 Å². The Hall–Kier alpha value is -3.29. The smallest absolute Gasteiger partial charge is 0.339 e. The number of halogens is 2. The molecule has 2 atom stereocenters. The van der Waals surface area contributed by atoms with Gasteiger partial charge >= 0.3 is 13.3 Å². The summed E-state index contributed by atoms with van der Waals surface area (Å²) in [6.07, 6.45) is 1.05. The zero-order valence-corrected chi connectivity index (χ0v) is 25.9. The zero-order valence-electron chi connectivity index (χ0n) is 23.3. The van der Waals surface area contributed by atoms with Crippen LogP contribution in [0.3, 0.4) is 0 Å². The van der Waals surface area contributed by atoms with E-state index in [0.29, 0.717) is 29.2 Å². The summed E-state index contributed by atoms with van der Waals surface area (Å²) in [6.45, 7) is 5.68. The molecule has 0 aliphatic carbocycles. The molecule has 3 amide bonds. The van der Waals surface area contributed by atoms with Crippen LogP contribution in [0.1, 0.15) is 48.8 Å². The maximum atomic E-state index is 14.2. The molecule has 2 aromatic carbocycles. The van der Waals surface area contributed by atoms with Gasteiger partial charge in [0.1, 0.15) is 12.1 Å². The fourth-order valence-electron chi connectivity index (χ4n) is 4.94. The molecular formula is C28H29F2N4O6PS2. The highest BCUT2D eigenvalue weighted by molar-refractivity contribution is 7.52. The van der Waals surface area contributed by atoms with E-state index in [1.807, 2.05) is 24.3 Å². The van der Waals surface area contributed by atoms with E-state index in [1.54, 1.807) is 20.8 Å². The van der Waals surface area contributed by atoms with Crippen LogP contribution < -0.4 is 10.6 Å². The molecule has 4 N–H and O–H groups in total. The third-order valence-electron chi connectivity index (χ3n) is 7.20. The predicted molar refractivity (Wildman–Crippen MR) is 161 cm³/mol. The molecule has 3 heterocycles. The molecule has 0 radical (unpaired) electrons. The van der Waals surface area contributed by atoms with E-state index in [-0.39, 0.29) is 16.2 Å². The Balaban J connectivity index is 1.34. The maximum absolute atomic E-state index is 14.2. The average Bonchev–Trinajstić information content (AvgIpc) is 3.67. The number of nitrogens with one attached hydrogen (secondary N) is 2. The van der Waals surface area contributed by atoms with E-state index in [1.165, 1.54) is 28.4 Å². The van der Waals surface area contributed by atoms with Crippen LogP contribution in [0.5, 0.6) is 0 Å². The summed E-state index contributed by atoms with van der Waals surface area (Å²) in [5, 5.41) is 6.23. The quantitative estimate of drug-likeness (QED) is 0.193. The second-order valence-corrected chi connectivity index (χ2v) is 15.2. The second-order valence-electron chi connectivity index (χ2n) is 11.4. The molecule has 10 nitrogen and oxygen atoms in total. The average molecular weight is 651 g/mol. The van der Waals surface area contributed by atoms with E-state index in [4.69, 9.17) is 9.79 Å². The normalized spacial score (nSPS) is 16.9. The van der Waals surface area contributed by atoms with Crippen LogP contribution in [0.15, 0.2) is 48.5 Å². The molecular weight excluding hydrogens is 621 g/mol. The van der Waals surface area contributed by atoms with Gasteiger partial charge in [-0.2, -0.15) is 8.78 Å². The number of rotatable bonds is 7. The Morgan fingerprint density at radius 3 is 2.47 bits per heavy atom. The van der Waals surface area contributed by atoms with Gasteiger partial charge in [0, 0.05) is 16.8 Å². The SMILES string of the molecule is CC(C)(C)[C@H](NC(=O)c1cc2cc(C(F)(F)P(=O)(O)O)ccc2s1)C(=O)N1CCC[C@H]1C(=O)Nc1nc2ccccc2s1. The number of amides is 3. The number of benzene rings is 2. The Morgan fingerprint density at radius 1 is 1.07 bits per heavy atom. The summed E-state index contributed by atoms with van der Waals surface area (Å²) in [7, 11) is -5.76. The summed E-state index contributed by atoms with van der Waals surface area (Å²) in [5.41, 5.74) is -5.25. The molecule has 0 saturated carbocycles. The molecule has 1 saturated heterocycles. The lowest BCUT2D eigenvalue weighted by molar-refractivity contribution is -0.140. The number of hydrogen-bond acceptors (Lipinski definition) is 7. The van der Waals surface area contributed by atoms with Gasteiger partial charge in [-0.15, -0.1) is 11.3 Å². The van der Waals surface area contributed by atoms with Gasteiger partial charge in [0.2, 0.25) is 11.8 Å². The van der Waals surface area contributed by atoms with Crippen molar-refractivity contribution < 1.29 is 37.5 Å². The molecule has 15 heteroatoms. The number of thiazole rings is 1. The first-order chi connectivity index (χ1) is 20.1. The number of alkyl halides is 2. The Labute approximate surface area is 253 Å². The van der Waals surface area contributed by atoms with Crippen molar-refractivity contribution in [3.63, 3.8) is 0 Å². The van der Waals surface area contributed by atoms with Crippen molar-refractivity contribution in [3.8, 4) is 0 Å². The van der Waals surface area contributed by atoms with E-state index in [0.717, 1.165) is 33.7 Å². The molecule has 2 aromatic heterocycles. The van der Waals surface area contributed by atoms with Crippen molar-refractivity contribution in [2.75, 3.05) is 11.9 Å². The molecule has 5 rings (SSSR count). The van der Waals surface area contributed by atoms with Gasteiger partial charge in [0.25, 0.3) is 5.91 Å². The van der Waals surface area contributed by atoms with Crippen molar-refractivity contribution in [2.24, 2.45) is 5.41 Å². The van der Waals surface area contributed by atoms with Crippen LogP contribution in [-0.4, -0.2) is 56.0 Å². The highest BCUT2D eigenvalue weighted by Gasteiger charge is 2.50. The largest absolute Gasteiger partial charge is 0.399 e. The van der Waals surface area contributed by atoms with Crippen molar-refractivity contribution in [3.05, 3.63) is 59.0 Å². The topological polar surface area (TPSA) is 149 Å². The molecule has 1 aliphatic heterocycles. The standard InChI is InChI=1S/C28H29F2N4O6PS2/c1-27(2,3)22(32-24(36)21-14-15-13-16(10-11-19(15)42-21)28(29,30)41(38,39)40)25(37)34-12-6-8-18(34)23(35)33-26-31-17-7-4-5-9-20(17)43-26/h4-5,7,9-11,13-14,18,22H,6,8,12H2,1-3H3,(H,32,36)(H,31,33,35)(H2,38,39,40)/t18-,22+/m0/s1. The number of carbonyl (C=O) groups is 3. The number of hydrogen-bond donors (Lipinski definition) is 4. The highest BCUT2D eigenvalue weighted by atomic mass is 32.1. The molecule has 228 valence electrons. The summed E-state index contributed by atoms with van der Waals surface area (Å²) in [4.78, 5) is 64.6. The zero-order chi connectivity index (χ0) is 31.3. The Kier molecular flexibility index (Phi) is 8.20. The summed E-state index contributed by atoms with van der Waals surface area (Å²) >= 11 is 2.32. The van der Waals surface area contributed by atoms with Gasteiger partial charge in [-0.3, -0.25) is 18.9 Å². The van der Waals surface area contributed by atoms with Gasteiger partial charge < -0.3 is 25.3 Å². The molecule has 1 aliphatic rings. The molecule has 1 fully saturated rings. The molecule has 0 spiro atoms. The van der Waals surface area contributed by atoms with Gasteiger partial charge in [-0.05, 0) is 54.0 Å². The fourth-order valence-corrected chi connectivity index (χ4v) is 7.24. The number of nitrogens with zero attached hydrogens (tertiary/aromatic N) is 2. The monoisotopic (exact) mass is 650 g/mol. The van der Waals surface area contributed by atoms with Crippen molar-refractivity contribution in [2.45, 2.75) is 51.4 Å². The van der Waals surface area contributed by atoms with Crippen LogP contribution in [0, 0.1) is 5.41 Å². The first kappa shape index (κ1) is 31.1. The van der Waals surface area contributed by atoms with Crippen LogP contribution in [-0.2, 0) is 19.8 Å². The van der Waals surface area contributed by atoms with Gasteiger partial charge in [0.15, 0.2) is 5.13 Å². The number of aromatic nitrogens is 1. The van der Waals surface area contributed by atoms with E-state index in [9.17, 15) is 27.7 Å². The highest BCUT2D eigenvalue weighted by Crippen LogP contribution is 2.59.